The largest absolute Gasteiger partial charge is 0.384 e. The lowest BCUT2D eigenvalue weighted by Crippen LogP contribution is -1.99. The predicted octanol–water partition coefficient (Wildman–Crippen LogP) is 2.89. The zero-order valence-electron chi connectivity index (χ0n) is 10.9. The summed E-state index contributed by atoms with van der Waals surface area (Å²) in [5, 5.41) is 1.04. The summed E-state index contributed by atoms with van der Waals surface area (Å²) in [5.41, 5.74) is 9.53. The van der Waals surface area contributed by atoms with Gasteiger partial charge in [0.1, 0.15) is 5.82 Å². The van der Waals surface area contributed by atoms with Crippen LogP contribution >= 0.6 is 0 Å². The molecule has 0 saturated carbocycles. The average molecular weight is 250 g/mol. The van der Waals surface area contributed by atoms with Crippen molar-refractivity contribution in [1.82, 2.24) is 15.0 Å². The molecule has 0 atom stereocenters. The normalized spacial score (nSPS) is 10.8. The molecule has 19 heavy (non-hydrogen) atoms. The molecule has 3 rings (SSSR count). The number of anilines is 1. The number of benzene rings is 1. The molecule has 0 unspecified atom stereocenters. The van der Waals surface area contributed by atoms with Gasteiger partial charge in [0.15, 0.2) is 5.82 Å². The molecule has 1 aromatic carbocycles. The van der Waals surface area contributed by atoms with E-state index in [2.05, 4.69) is 15.0 Å². The first kappa shape index (κ1) is 11.6. The fourth-order valence-corrected chi connectivity index (χ4v) is 2.21. The highest BCUT2D eigenvalue weighted by Crippen LogP contribution is 2.26. The Balaban J connectivity index is 2.35. The van der Waals surface area contributed by atoms with E-state index >= 15 is 0 Å². The number of fused-ring (bicyclic) bond motifs is 1. The van der Waals surface area contributed by atoms with Crippen LogP contribution in [-0.2, 0) is 0 Å². The van der Waals surface area contributed by atoms with Crippen molar-refractivity contribution in [3.05, 3.63) is 47.8 Å². The molecule has 0 bridgehead atoms. The third kappa shape index (κ3) is 2.12. The van der Waals surface area contributed by atoms with E-state index in [4.69, 9.17) is 5.73 Å². The minimum absolute atomic E-state index is 0.487. The van der Waals surface area contributed by atoms with Crippen molar-refractivity contribution in [3.8, 4) is 11.4 Å². The second kappa shape index (κ2) is 4.31. The number of aryl methyl sites for hydroxylation is 2. The topological polar surface area (TPSA) is 64.7 Å². The lowest BCUT2D eigenvalue weighted by molar-refractivity contribution is 1.12. The third-order valence-electron chi connectivity index (χ3n) is 2.96. The Kier molecular flexibility index (Phi) is 2.63. The van der Waals surface area contributed by atoms with Crippen LogP contribution < -0.4 is 5.73 Å². The maximum Gasteiger partial charge on any atom is 0.162 e. The van der Waals surface area contributed by atoms with Crippen molar-refractivity contribution in [3.63, 3.8) is 0 Å². The molecule has 0 spiro atoms. The summed E-state index contributed by atoms with van der Waals surface area (Å²) < 4.78 is 0. The first-order valence-electron chi connectivity index (χ1n) is 6.11. The number of nitrogens with two attached hydrogens (primary N) is 1. The van der Waals surface area contributed by atoms with Crippen molar-refractivity contribution in [2.24, 2.45) is 0 Å². The van der Waals surface area contributed by atoms with Crippen molar-refractivity contribution in [2.75, 3.05) is 5.73 Å². The number of aromatic nitrogens is 3. The first-order valence-corrected chi connectivity index (χ1v) is 6.11. The van der Waals surface area contributed by atoms with Gasteiger partial charge in [-0.2, -0.15) is 0 Å². The molecule has 0 aliphatic carbocycles. The molecule has 0 saturated heterocycles. The summed E-state index contributed by atoms with van der Waals surface area (Å²) in [6, 6.07) is 11.7. The van der Waals surface area contributed by atoms with Gasteiger partial charge in [-0.15, -0.1) is 0 Å². The molecular weight excluding hydrogens is 236 g/mol. The van der Waals surface area contributed by atoms with Gasteiger partial charge >= 0.3 is 0 Å². The fourth-order valence-electron chi connectivity index (χ4n) is 2.21. The van der Waals surface area contributed by atoms with Gasteiger partial charge in [-0.05, 0) is 26.0 Å². The number of nitrogens with zero attached hydrogens (tertiary/aromatic N) is 3. The van der Waals surface area contributed by atoms with E-state index < -0.39 is 0 Å². The van der Waals surface area contributed by atoms with E-state index in [1.54, 1.807) is 6.07 Å². The molecule has 3 aromatic rings. The monoisotopic (exact) mass is 250 g/mol. The van der Waals surface area contributed by atoms with Crippen LogP contribution in [0.1, 0.15) is 11.4 Å². The molecule has 2 heterocycles. The van der Waals surface area contributed by atoms with E-state index in [0.29, 0.717) is 11.6 Å². The van der Waals surface area contributed by atoms with Gasteiger partial charge in [0.05, 0.1) is 5.52 Å². The van der Waals surface area contributed by atoms with Gasteiger partial charge < -0.3 is 5.73 Å². The molecule has 94 valence electrons. The summed E-state index contributed by atoms with van der Waals surface area (Å²) >= 11 is 0. The highest BCUT2D eigenvalue weighted by Gasteiger charge is 2.09. The van der Waals surface area contributed by atoms with Crippen LogP contribution in [-0.4, -0.2) is 15.0 Å². The minimum atomic E-state index is 0.487. The van der Waals surface area contributed by atoms with E-state index in [-0.39, 0.29) is 0 Å². The predicted molar refractivity (Wildman–Crippen MR) is 76.7 cm³/mol. The first-order chi connectivity index (χ1) is 9.13. The van der Waals surface area contributed by atoms with Crippen molar-refractivity contribution >= 4 is 16.7 Å². The van der Waals surface area contributed by atoms with Crippen LogP contribution in [0.4, 0.5) is 5.82 Å². The molecule has 0 radical (unpaired) electrons. The number of hydrogen-bond acceptors (Lipinski definition) is 4. The average Bonchev–Trinajstić information content (AvgIpc) is 2.36. The number of nitrogen functional groups attached to an aromatic ring is 1. The number of rotatable bonds is 1. The molecule has 0 aliphatic heterocycles. The number of hydrogen-bond donors (Lipinski definition) is 1. The fraction of sp³-hybridized carbons (Fsp3) is 0.133. The molecule has 0 aliphatic rings. The summed E-state index contributed by atoms with van der Waals surface area (Å²) in [4.78, 5) is 13.3. The Morgan fingerprint density at radius 2 is 1.63 bits per heavy atom. The van der Waals surface area contributed by atoms with Gasteiger partial charge in [0.25, 0.3) is 0 Å². The maximum absolute atomic E-state index is 5.81. The highest BCUT2D eigenvalue weighted by atomic mass is 14.9. The van der Waals surface area contributed by atoms with E-state index in [0.717, 1.165) is 27.9 Å². The van der Waals surface area contributed by atoms with Gasteiger partial charge in [-0.25, -0.2) is 9.97 Å². The van der Waals surface area contributed by atoms with E-state index in [1.807, 2.05) is 44.2 Å². The van der Waals surface area contributed by atoms with Crippen molar-refractivity contribution in [1.29, 1.82) is 0 Å². The number of pyridine rings is 1. The zero-order chi connectivity index (χ0) is 13.4. The Bertz CT molecular complexity index is 745. The van der Waals surface area contributed by atoms with Crippen molar-refractivity contribution < 1.29 is 0 Å². The molecule has 4 heteroatoms. The quantitative estimate of drug-likeness (QED) is 0.721. The van der Waals surface area contributed by atoms with E-state index in [9.17, 15) is 0 Å². The van der Waals surface area contributed by atoms with Crippen LogP contribution in [0.3, 0.4) is 0 Å². The van der Waals surface area contributed by atoms with Crippen molar-refractivity contribution in [2.45, 2.75) is 13.8 Å². The van der Waals surface area contributed by atoms with E-state index in [1.165, 1.54) is 0 Å². The van der Waals surface area contributed by atoms with Crippen LogP contribution in [0.25, 0.3) is 22.3 Å². The van der Waals surface area contributed by atoms with Crippen LogP contribution in [0, 0.1) is 13.8 Å². The second-order valence-electron chi connectivity index (χ2n) is 4.59. The van der Waals surface area contributed by atoms with Gasteiger partial charge in [-0.1, -0.05) is 18.2 Å². The summed E-state index contributed by atoms with van der Waals surface area (Å²) in [7, 11) is 0. The molecule has 2 aromatic heterocycles. The summed E-state index contributed by atoms with van der Waals surface area (Å²) in [6.45, 7) is 3.88. The smallest absolute Gasteiger partial charge is 0.162 e. The Morgan fingerprint density at radius 3 is 2.42 bits per heavy atom. The Morgan fingerprint density at radius 1 is 0.895 bits per heavy atom. The summed E-state index contributed by atoms with van der Waals surface area (Å²) in [6.07, 6.45) is 0. The van der Waals surface area contributed by atoms with Gasteiger partial charge in [0, 0.05) is 28.4 Å². The third-order valence-corrected chi connectivity index (χ3v) is 2.96. The lowest BCUT2D eigenvalue weighted by atomic mass is 10.1. The Labute approximate surface area is 111 Å². The zero-order valence-corrected chi connectivity index (χ0v) is 10.9. The van der Waals surface area contributed by atoms with Gasteiger partial charge in [-0.3, -0.25) is 4.98 Å². The molecule has 0 fully saturated rings. The van der Waals surface area contributed by atoms with Gasteiger partial charge in [0.2, 0.25) is 0 Å². The maximum atomic E-state index is 5.81. The molecule has 0 amide bonds. The SMILES string of the molecule is Cc1cc(N)nc(-c2cc(C)nc3ccccc23)n1. The molecular formula is C15H14N4. The van der Waals surface area contributed by atoms with Crippen LogP contribution in [0.5, 0.6) is 0 Å². The highest BCUT2D eigenvalue weighted by molar-refractivity contribution is 5.92. The molecule has 4 nitrogen and oxygen atoms in total. The summed E-state index contributed by atoms with van der Waals surface area (Å²) in [5.74, 6) is 1.14. The minimum Gasteiger partial charge on any atom is -0.384 e. The number of para-hydroxylation sites is 1. The lowest BCUT2D eigenvalue weighted by Gasteiger charge is -2.08. The second-order valence-corrected chi connectivity index (χ2v) is 4.59. The standard InChI is InChI=1S/C15H14N4/c1-9-7-12(11-5-3-4-6-13(11)17-9)15-18-10(2)8-14(16)19-15/h3-8H,1-2H3,(H2,16,18,19). The van der Waals surface area contributed by atoms with Crippen LogP contribution in [0.2, 0.25) is 0 Å². The Hall–Kier alpha value is -2.49. The molecule has 2 N–H and O–H groups in total. The van der Waals surface area contributed by atoms with Crippen LogP contribution in [0.15, 0.2) is 36.4 Å².